The van der Waals surface area contributed by atoms with Gasteiger partial charge in [0.2, 0.25) is 0 Å². The molecule has 2 nitrogen and oxygen atoms in total. The molecule has 15 heavy (non-hydrogen) atoms. The zero-order valence-electron chi connectivity index (χ0n) is 9.12. The largest absolute Gasteiger partial charge is 0.462 e. The summed E-state index contributed by atoms with van der Waals surface area (Å²) in [5, 5.41) is 0. The van der Waals surface area contributed by atoms with Gasteiger partial charge in [0.25, 0.3) is 0 Å². The quantitative estimate of drug-likeness (QED) is 0.703. The summed E-state index contributed by atoms with van der Waals surface area (Å²) in [5.41, 5.74) is 1.58. The summed E-state index contributed by atoms with van der Waals surface area (Å²) in [7, 11) is 0. The molecule has 0 bridgehead atoms. The molecule has 0 aliphatic heterocycles. The van der Waals surface area contributed by atoms with Gasteiger partial charge in [-0.2, -0.15) is 0 Å². The third-order valence-electron chi connectivity index (χ3n) is 2.14. The summed E-state index contributed by atoms with van der Waals surface area (Å²) in [6.45, 7) is 7.84. The fraction of sp³-hybridized carbons (Fsp3) is 0.231. The first-order valence-corrected chi connectivity index (χ1v) is 4.92. The van der Waals surface area contributed by atoms with Crippen molar-refractivity contribution >= 4 is 5.97 Å². The minimum absolute atomic E-state index is 0.281. The maximum Gasteiger partial charge on any atom is 0.338 e. The van der Waals surface area contributed by atoms with Crippen LogP contribution in [0.2, 0.25) is 0 Å². The van der Waals surface area contributed by atoms with E-state index in [-0.39, 0.29) is 5.97 Å². The van der Waals surface area contributed by atoms with Crippen LogP contribution in [0.3, 0.4) is 0 Å². The number of esters is 1. The highest BCUT2D eigenvalue weighted by Crippen LogP contribution is 2.16. The van der Waals surface area contributed by atoms with Crippen molar-refractivity contribution in [2.24, 2.45) is 0 Å². The van der Waals surface area contributed by atoms with Gasteiger partial charge >= 0.3 is 5.97 Å². The minimum atomic E-state index is -0.281. The molecular formula is C13H15O2. The van der Waals surface area contributed by atoms with Gasteiger partial charge in [-0.3, -0.25) is 0 Å². The van der Waals surface area contributed by atoms with Gasteiger partial charge in [0.1, 0.15) is 0 Å². The number of rotatable bonds is 4. The summed E-state index contributed by atoms with van der Waals surface area (Å²) in [6.07, 6.45) is 1.77. The normalized spacial score (nSPS) is 10.1. The second-order valence-corrected chi connectivity index (χ2v) is 3.19. The molecule has 0 aromatic heterocycles. The predicted octanol–water partition coefficient (Wildman–Crippen LogP) is 2.99. The molecule has 1 aromatic rings. The van der Waals surface area contributed by atoms with Crippen LogP contribution in [-0.2, 0) is 4.74 Å². The third kappa shape index (κ3) is 2.94. The molecule has 0 saturated heterocycles. The van der Waals surface area contributed by atoms with Crippen LogP contribution in [-0.4, -0.2) is 12.6 Å². The van der Waals surface area contributed by atoms with E-state index >= 15 is 0 Å². The van der Waals surface area contributed by atoms with Crippen LogP contribution in [0.1, 0.15) is 29.8 Å². The molecular weight excluding hydrogens is 188 g/mol. The topological polar surface area (TPSA) is 26.3 Å². The van der Waals surface area contributed by atoms with E-state index in [2.05, 4.69) is 6.58 Å². The summed E-state index contributed by atoms with van der Waals surface area (Å²) in [6, 6.07) is 7.35. The standard InChI is InChI=1S/C13H15O2/c1-4-10(3)11-7-6-8-12(9-11)13(14)15-5-2/h4,6-9H,1,5H2,2-3H3. The van der Waals surface area contributed by atoms with Crippen LogP contribution in [0.4, 0.5) is 0 Å². The maximum atomic E-state index is 11.5. The Morgan fingerprint density at radius 1 is 1.47 bits per heavy atom. The summed E-state index contributed by atoms with van der Waals surface area (Å²) in [4.78, 5) is 11.5. The molecule has 0 aliphatic carbocycles. The molecule has 0 unspecified atom stereocenters. The van der Waals surface area contributed by atoms with E-state index in [0.29, 0.717) is 12.2 Å². The van der Waals surface area contributed by atoms with Gasteiger partial charge in [-0.25, -0.2) is 4.79 Å². The Morgan fingerprint density at radius 2 is 2.13 bits per heavy atom. The van der Waals surface area contributed by atoms with Gasteiger partial charge in [-0.15, -0.1) is 6.58 Å². The lowest BCUT2D eigenvalue weighted by Crippen LogP contribution is -2.05. The monoisotopic (exact) mass is 203 g/mol. The van der Waals surface area contributed by atoms with Crippen LogP contribution in [0.15, 0.2) is 36.9 Å². The van der Waals surface area contributed by atoms with Crippen molar-refractivity contribution in [3.8, 4) is 0 Å². The summed E-state index contributed by atoms with van der Waals surface area (Å²) >= 11 is 0. The number of allylic oxidation sites excluding steroid dienone is 1. The average Bonchev–Trinajstić information content (AvgIpc) is 2.28. The Hall–Kier alpha value is -1.57. The molecule has 0 saturated carbocycles. The van der Waals surface area contributed by atoms with Gasteiger partial charge in [-0.1, -0.05) is 25.1 Å². The second kappa shape index (κ2) is 5.35. The maximum absolute atomic E-state index is 11.5. The molecule has 0 amide bonds. The van der Waals surface area contributed by atoms with E-state index in [4.69, 9.17) is 4.74 Å². The molecule has 0 atom stereocenters. The van der Waals surface area contributed by atoms with Crippen LogP contribution >= 0.6 is 0 Å². The van der Waals surface area contributed by atoms with Gasteiger partial charge in [0, 0.05) is 5.92 Å². The average molecular weight is 203 g/mol. The van der Waals surface area contributed by atoms with E-state index in [1.165, 1.54) is 0 Å². The highest BCUT2D eigenvalue weighted by Gasteiger charge is 2.08. The SMILES string of the molecule is C=C[C](C)c1cccc(C(=O)OCC)c1. The first kappa shape index (κ1) is 11.5. The van der Waals surface area contributed by atoms with Gasteiger partial charge in [0.15, 0.2) is 0 Å². The molecule has 1 radical (unpaired) electrons. The molecule has 0 aliphatic rings. The van der Waals surface area contributed by atoms with E-state index < -0.39 is 0 Å². The number of carbonyl (C=O) groups excluding carboxylic acids is 1. The number of carbonyl (C=O) groups is 1. The Morgan fingerprint density at radius 3 is 2.73 bits per heavy atom. The predicted molar refractivity (Wildman–Crippen MR) is 60.6 cm³/mol. The van der Waals surface area contributed by atoms with E-state index in [0.717, 1.165) is 11.5 Å². The summed E-state index contributed by atoms with van der Waals surface area (Å²) in [5.74, 6) is 0.761. The van der Waals surface area contributed by atoms with E-state index in [1.807, 2.05) is 25.1 Å². The summed E-state index contributed by atoms with van der Waals surface area (Å²) < 4.78 is 4.92. The Kier molecular flexibility index (Phi) is 4.10. The molecule has 79 valence electrons. The molecule has 0 spiro atoms. The molecule has 1 aromatic carbocycles. The van der Waals surface area contributed by atoms with Crippen LogP contribution in [0.5, 0.6) is 0 Å². The molecule has 0 heterocycles. The highest BCUT2D eigenvalue weighted by atomic mass is 16.5. The fourth-order valence-electron chi connectivity index (χ4n) is 1.22. The molecule has 0 N–H and O–H groups in total. The van der Waals surface area contributed by atoms with Crippen molar-refractivity contribution in [2.75, 3.05) is 6.61 Å². The lowest BCUT2D eigenvalue weighted by atomic mass is 9.99. The molecule has 0 fully saturated rings. The number of benzene rings is 1. The van der Waals surface area contributed by atoms with Crippen molar-refractivity contribution in [3.05, 3.63) is 54.0 Å². The van der Waals surface area contributed by atoms with E-state index in [9.17, 15) is 4.79 Å². The van der Waals surface area contributed by atoms with Crippen molar-refractivity contribution in [2.45, 2.75) is 13.8 Å². The number of hydrogen-bond acceptors (Lipinski definition) is 2. The first-order valence-electron chi connectivity index (χ1n) is 4.92. The Labute approximate surface area is 90.6 Å². The lowest BCUT2D eigenvalue weighted by molar-refractivity contribution is 0.0526. The fourth-order valence-corrected chi connectivity index (χ4v) is 1.22. The highest BCUT2D eigenvalue weighted by molar-refractivity contribution is 5.89. The van der Waals surface area contributed by atoms with Crippen LogP contribution in [0.25, 0.3) is 0 Å². The van der Waals surface area contributed by atoms with Crippen molar-refractivity contribution in [1.82, 2.24) is 0 Å². The Balaban J connectivity index is 2.91. The smallest absolute Gasteiger partial charge is 0.338 e. The number of hydrogen-bond donors (Lipinski definition) is 0. The number of ether oxygens (including phenoxy) is 1. The van der Waals surface area contributed by atoms with E-state index in [1.54, 1.807) is 19.1 Å². The van der Waals surface area contributed by atoms with Crippen molar-refractivity contribution in [1.29, 1.82) is 0 Å². The second-order valence-electron chi connectivity index (χ2n) is 3.19. The zero-order valence-corrected chi connectivity index (χ0v) is 9.12. The van der Waals surface area contributed by atoms with Crippen molar-refractivity contribution in [3.63, 3.8) is 0 Å². The van der Waals surface area contributed by atoms with Crippen molar-refractivity contribution < 1.29 is 9.53 Å². The van der Waals surface area contributed by atoms with Crippen LogP contribution < -0.4 is 0 Å². The van der Waals surface area contributed by atoms with Crippen LogP contribution in [0, 0.1) is 5.92 Å². The lowest BCUT2D eigenvalue weighted by Gasteiger charge is -2.07. The van der Waals surface area contributed by atoms with Gasteiger partial charge in [-0.05, 0) is 24.6 Å². The van der Waals surface area contributed by atoms with Gasteiger partial charge in [0.05, 0.1) is 12.2 Å². The third-order valence-corrected chi connectivity index (χ3v) is 2.14. The Bertz CT molecular complexity index is 355. The molecule has 1 rings (SSSR count). The van der Waals surface area contributed by atoms with Gasteiger partial charge < -0.3 is 4.74 Å². The first-order chi connectivity index (χ1) is 7.19. The zero-order chi connectivity index (χ0) is 11.3. The minimum Gasteiger partial charge on any atom is -0.462 e. The molecule has 2 heteroatoms.